The van der Waals surface area contributed by atoms with Gasteiger partial charge in [0.05, 0.1) is 4.90 Å². The molecule has 0 saturated carbocycles. The number of hydrogen-bond acceptors (Lipinski definition) is 4. The van der Waals surface area contributed by atoms with E-state index in [1.165, 1.54) is 6.26 Å². The van der Waals surface area contributed by atoms with Gasteiger partial charge >= 0.3 is 0 Å². The van der Waals surface area contributed by atoms with E-state index in [1.54, 1.807) is 24.3 Å². The van der Waals surface area contributed by atoms with Crippen LogP contribution >= 0.6 is 11.6 Å². The van der Waals surface area contributed by atoms with Crippen LogP contribution in [0.1, 0.15) is 17.2 Å². The Morgan fingerprint density at radius 3 is 2.14 bits per heavy atom. The molecule has 0 radical (unpaired) electrons. The molecule has 1 atom stereocenters. The van der Waals surface area contributed by atoms with Crippen molar-refractivity contribution in [3.63, 3.8) is 0 Å². The first-order valence-corrected chi connectivity index (χ1v) is 8.67. The summed E-state index contributed by atoms with van der Waals surface area (Å²) < 4.78 is 22.9. The normalized spacial score (nSPS) is 13.1. The van der Waals surface area contributed by atoms with Crippen LogP contribution in [-0.4, -0.2) is 14.7 Å². The molecule has 6 heteroatoms. The molecule has 0 amide bonds. The van der Waals surface area contributed by atoms with Crippen LogP contribution in [0.25, 0.3) is 0 Å². The maximum Gasteiger partial charge on any atom is 0.175 e. The Labute approximate surface area is 129 Å². The quantitative estimate of drug-likeness (QED) is 0.654. The van der Waals surface area contributed by atoms with Gasteiger partial charge in [-0.1, -0.05) is 35.9 Å². The van der Waals surface area contributed by atoms with Gasteiger partial charge < -0.3 is 0 Å². The molecule has 2 aromatic carbocycles. The number of halogens is 1. The third-order valence-corrected chi connectivity index (χ3v) is 4.65. The van der Waals surface area contributed by atoms with Crippen molar-refractivity contribution in [1.82, 2.24) is 5.43 Å². The monoisotopic (exact) mass is 324 g/mol. The molecule has 4 nitrogen and oxygen atoms in total. The SMILES string of the molecule is CS(=O)(=O)c1ccc(C(Cc2ccc(Cl)cc2)NN)cc1. The summed E-state index contributed by atoms with van der Waals surface area (Å²) in [4.78, 5) is 0.300. The highest BCUT2D eigenvalue weighted by Gasteiger charge is 2.12. The fourth-order valence-corrected chi connectivity index (χ4v) is 2.83. The molecule has 2 rings (SSSR count). The van der Waals surface area contributed by atoms with Crippen LogP contribution in [-0.2, 0) is 16.3 Å². The van der Waals surface area contributed by atoms with Crippen molar-refractivity contribution in [2.75, 3.05) is 6.26 Å². The van der Waals surface area contributed by atoms with Crippen molar-refractivity contribution in [2.45, 2.75) is 17.4 Å². The number of hydrazine groups is 1. The molecule has 0 saturated heterocycles. The van der Waals surface area contributed by atoms with E-state index in [0.717, 1.165) is 11.1 Å². The van der Waals surface area contributed by atoms with Crippen LogP contribution in [0.4, 0.5) is 0 Å². The minimum Gasteiger partial charge on any atom is -0.271 e. The Bertz CT molecular complexity index is 697. The van der Waals surface area contributed by atoms with Crippen molar-refractivity contribution >= 4 is 21.4 Å². The molecule has 21 heavy (non-hydrogen) atoms. The molecule has 0 aliphatic carbocycles. The zero-order chi connectivity index (χ0) is 15.5. The van der Waals surface area contributed by atoms with Crippen LogP contribution in [0.15, 0.2) is 53.4 Å². The molecule has 0 spiro atoms. The van der Waals surface area contributed by atoms with E-state index in [2.05, 4.69) is 5.43 Å². The summed E-state index contributed by atoms with van der Waals surface area (Å²) in [5, 5.41) is 0.688. The summed E-state index contributed by atoms with van der Waals surface area (Å²) in [5.74, 6) is 5.61. The molecule has 112 valence electrons. The Hall–Kier alpha value is -1.40. The molecular weight excluding hydrogens is 308 g/mol. The standard InChI is InChI=1S/C15H17ClN2O2S/c1-21(19,20)14-8-4-12(5-9-14)15(18-17)10-11-2-6-13(16)7-3-11/h2-9,15,18H,10,17H2,1H3. The van der Waals surface area contributed by atoms with Crippen LogP contribution in [0.2, 0.25) is 5.02 Å². The molecule has 3 N–H and O–H groups in total. The lowest BCUT2D eigenvalue weighted by atomic mass is 9.99. The van der Waals surface area contributed by atoms with E-state index in [9.17, 15) is 8.42 Å². The number of hydrogen-bond donors (Lipinski definition) is 2. The van der Waals surface area contributed by atoms with E-state index >= 15 is 0 Å². The van der Waals surface area contributed by atoms with Gasteiger partial charge in [-0.25, -0.2) is 8.42 Å². The smallest absolute Gasteiger partial charge is 0.175 e. The van der Waals surface area contributed by atoms with Gasteiger partial charge in [0, 0.05) is 17.3 Å². The summed E-state index contributed by atoms with van der Waals surface area (Å²) in [6.07, 6.45) is 1.88. The van der Waals surface area contributed by atoms with Gasteiger partial charge in [-0.2, -0.15) is 0 Å². The lowest BCUT2D eigenvalue weighted by Crippen LogP contribution is -2.29. The van der Waals surface area contributed by atoms with Crippen LogP contribution in [0.5, 0.6) is 0 Å². The molecule has 0 fully saturated rings. The summed E-state index contributed by atoms with van der Waals surface area (Å²) in [6.45, 7) is 0. The molecule has 0 aliphatic heterocycles. The zero-order valence-electron chi connectivity index (χ0n) is 11.6. The van der Waals surface area contributed by atoms with E-state index in [0.29, 0.717) is 16.3 Å². The highest BCUT2D eigenvalue weighted by molar-refractivity contribution is 7.90. The van der Waals surface area contributed by atoms with Gasteiger partial charge in [-0.05, 0) is 41.8 Å². The first-order chi connectivity index (χ1) is 9.90. The Kier molecular flexibility index (Phi) is 5.00. The molecule has 2 aromatic rings. The largest absolute Gasteiger partial charge is 0.271 e. The van der Waals surface area contributed by atoms with Crippen molar-refractivity contribution in [2.24, 2.45) is 5.84 Å². The van der Waals surface area contributed by atoms with E-state index < -0.39 is 9.84 Å². The van der Waals surface area contributed by atoms with Crippen molar-refractivity contribution in [3.05, 3.63) is 64.7 Å². The minimum absolute atomic E-state index is 0.0974. The van der Waals surface area contributed by atoms with Gasteiger partial charge in [0.25, 0.3) is 0 Å². The van der Waals surface area contributed by atoms with Crippen LogP contribution in [0.3, 0.4) is 0 Å². The molecule has 0 bridgehead atoms. The fourth-order valence-electron chi connectivity index (χ4n) is 2.08. The average Bonchev–Trinajstić information content (AvgIpc) is 2.46. The van der Waals surface area contributed by atoms with Gasteiger partial charge in [0.2, 0.25) is 0 Å². The van der Waals surface area contributed by atoms with Gasteiger partial charge in [0.15, 0.2) is 9.84 Å². The third-order valence-electron chi connectivity index (χ3n) is 3.26. The number of rotatable bonds is 5. The Morgan fingerprint density at radius 1 is 1.10 bits per heavy atom. The second-order valence-electron chi connectivity index (χ2n) is 4.89. The zero-order valence-corrected chi connectivity index (χ0v) is 13.2. The second-order valence-corrected chi connectivity index (χ2v) is 7.34. The van der Waals surface area contributed by atoms with Crippen LogP contribution in [0, 0.1) is 0 Å². The van der Waals surface area contributed by atoms with Gasteiger partial charge in [-0.3, -0.25) is 11.3 Å². The maximum absolute atomic E-state index is 11.5. The Morgan fingerprint density at radius 2 is 1.67 bits per heavy atom. The summed E-state index contributed by atoms with van der Waals surface area (Å²) in [6, 6.07) is 14.2. The first kappa shape index (κ1) is 16.0. The van der Waals surface area contributed by atoms with Crippen molar-refractivity contribution < 1.29 is 8.42 Å². The first-order valence-electron chi connectivity index (χ1n) is 6.41. The summed E-state index contributed by atoms with van der Waals surface area (Å²) >= 11 is 5.86. The fraction of sp³-hybridized carbons (Fsp3) is 0.200. The molecule has 0 aliphatic rings. The molecule has 0 heterocycles. The highest BCUT2D eigenvalue weighted by Crippen LogP contribution is 2.21. The predicted molar refractivity (Wildman–Crippen MR) is 84.8 cm³/mol. The highest BCUT2D eigenvalue weighted by atomic mass is 35.5. The summed E-state index contributed by atoms with van der Waals surface area (Å²) in [7, 11) is -3.18. The number of nitrogens with one attached hydrogen (secondary N) is 1. The Balaban J connectivity index is 2.19. The van der Waals surface area contributed by atoms with Crippen molar-refractivity contribution in [1.29, 1.82) is 0 Å². The predicted octanol–water partition coefficient (Wildman–Crippen LogP) is 2.49. The topological polar surface area (TPSA) is 72.2 Å². The van der Waals surface area contributed by atoms with E-state index in [-0.39, 0.29) is 6.04 Å². The minimum atomic E-state index is -3.18. The van der Waals surface area contributed by atoms with E-state index in [1.807, 2.05) is 24.3 Å². The van der Waals surface area contributed by atoms with Crippen LogP contribution < -0.4 is 11.3 Å². The molecular formula is C15H17ClN2O2S. The summed E-state index contributed by atoms with van der Waals surface area (Å²) in [5.41, 5.74) is 4.78. The third kappa shape index (κ3) is 4.28. The van der Waals surface area contributed by atoms with E-state index in [4.69, 9.17) is 17.4 Å². The van der Waals surface area contributed by atoms with Gasteiger partial charge in [0.1, 0.15) is 0 Å². The number of benzene rings is 2. The molecule has 0 aromatic heterocycles. The second kappa shape index (κ2) is 6.58. The molecule has 1 unspecified atom stereocenters. The maximum atomic E-state index is 11.5. The lowest BCUT2D eigenvalue weighted by Gasteiger charge is -2.17. The average molecular weight is 325 g/mol. The number of nitrogens with two attached hydrogens (primary N) is 1. The lowest BCUT2D eigenvalue weighted by molar-refractivity contribution is 0.551. The van der Waals surface area contributed by atoms with Gasteiger partial charge in [-0.15, -0.1) is 0 Å². The number of sulfone groups is 1. The van der Waals surface area contributed by atoms with Crippen molar-refractivity contribution in [3.8, 4) is 0 Å².